The van der Waals surface area contributed by atoms with Gasteiger partial charge in [-0.15, -0.1) is 11.6 Å². The Bertz CT molecular complexity index is 642. The van der Waals surface area contributed by atoms with Crippen molar-refractivity contribution in [2.24, 2.45) is 0 Å². The summed E-state index contributed by atoms with van der Waals surface area (Å²) in [4.78, 5) is 0. The smallest absolute Gasteiger partial charge is 0.122 e. The normalized spacial score (nSPS) is 15.3. The number of ether oxygens (including phenoxy) is 1. The van der Waals surface area contributed by atoms with Gasteiger partial charge in [-0.2, -0.15) is 0 Å². The lowest BCUT2D eigenvalue weighted by atomic mass is 9.99. The van der Waals surface area contributed by atoms with E-state index in [9.17, 15) is 0 Å². The molecule has 0 spiro atoms. The second-order valence-electron chi connectivity index (χ2n) is 4.85. The standard InChI is InChI=1S/C16H13Br2ClO/c17-12-4-5-13(14(18)9-12)16(19)11-3-6-15-10(8-11)2-1-7-20-15/h3-6,8-9,16H,1-2,7H2. The van der Waals surface area contributed by atoms with Crippen LogP contribution in [0.25, 0.3) is 0 Å². The molecule has 0 N–H and O–H groups in total. The van der Waals surface area contributed by atoms with Crippen molar-refractivity contribution in [1.82, 2.24) is 0 Å². The predicted molar refractivity (Wildman–Crippen MR) is 89.8 cm³/mol. The third-order valence-electron chi connectivity index (χ3n) is 3.46. The Hall–Kier alpha value is -0.510. The number of benzene rings is 2. The van der Waals surface area contributed by atoms with Crippen LogP contribution in [0.1, 0.15) is 28.5 Å². The Morgan fingerprint density at radius 2 is 1.95 bits per heavy atom. The molecular formula is C16H13Br2ClO. The number of hydrogen-bond donors (Lipinski definition) is 0. The van der Waals surface area contributed by atoms with Crippen LogP contribution >= 0.6 is 43.5 Å². The number of hydrogen-bond acceptors (Lipinski definition) is 1. The molecule has 2 aromatic rings. The van der Waals surface area contributed by atoms with Gasteiger partial charge in [0.15, 0.2) is 0 Å². The van der Waals surface area contributed by atoms with Crippen molar-refractivity contribution in [1.29, 1.82) is 0 Å². The van der Waals surface area contributed by atoms with Crippen LogP contribution in [0.4, 0.5) is 0 Å². The Labute approximate surface area is 140 Å². The lowest BCUT2D eigenvalue weighted by Gasteiger charge is -2.20. The molecular weight excluding hydrogens is 403 g/mol. The quantitative estimate of drug-likeness (QED) is 0.557. The summed E-state index contributed by atoms with van der Waals surface area (Å²) in [5.41, 5.74) is 3.44. The number of rotatable bonds is 2. The minimum atomic E-state index is -0.162. The molecule has 20 heavy (non-hydrogen) atoms. The van der Waals surface area contributed by atoms with Crippen LogP contribution in [-0.4, -0.2) is 6.61 Å². The molecule has 0 saturated heterocycles. The van der Waals surface area contributed by atoms with E-state index in [1.54, 1.807) is 0 Å². The van der Waals surface area contributed by atoms with Crippen LogP contribution in [0.2, 0.25) is 0 Å². The molecule has 0 radical (unpaired) electrons. The Morgan fingerprint density at radius 3 is 2.75 bits per heavy atom. The molecule has 1 atom stereocenters. The first kappa shape index (κ1) is 14.4. The number of fused-ring (bicyclic) bond motifs is 1. The second-order valence-corrected chi connectivity index (χ2v) is 7.05. The molecule has 1 aliphatic heterocycles. The zero-order valence-electron chi connectivity index (χ0n) is 10.7. The minimum Gasteiger partial charge on any atom is -0.493 e. The number of alkyl halides is 1. The summed E-state index contributed by atoms with van der Waals surface area (Å²) in [6.45, 7) is 0.814. The summed E-state index contributed by atoms with van der Waals surface area (Å²) in [6.07, 6.45) is 2.14. The van der Waals surface area contributed by atoms with E-state index >= 15 is 0 Å². The van der Waals surface area contributed by atoms with E-state index < -0.39 is 0 Å². The maximum absolute atomic E-state index is 6.65. The van der Waals surface area contributed by atoms with Gasteiger partial charge in [0.25, 0.3) is 0 Å². The van der Waals surface area contributed by atoms with Crippen molar-refractivity contribution >= 4 is 43.5 Å². The lowest BCUT2D eigenvalue weighted by Crippen LogP contribution is -2.09. The topological polar surface area (TPSA) is 9.23 Å². The van der Waals surface area contributed by atoms with E-state index in [0.29, 0.717) is 0 Å². The summed E-state index contributed by atoms with van der Waals surface area (Å²) in [7, 11) is 0. The Morgan fingerprint density at radius 1 is 1.10 bits per heavy atom. The average molecular weight is 417 g/mol. The minimum absolute atomic E-state index is 0.162. The van der Waals surface area contributed by atoms with Gasteiger partial charge in [0, 0.05) is 8.95 Å². The molecule has 0 aromatic heterocycles. The molecule has 0 aliphatic carbocycles. The van der Waals surface area contributed by atoms with Gasteiger partial charge in [-0.05, 0) is 47.7 Å². The maximum atomic E-state index is 6.65. The summed E-state index contributed by atoms with van der Waals surface area (Å²) < 4.78 is 7.70. The van der Waals surface area contributed by atoms with E-state index in [2.05, 4.69) is 44.0 Å². The Kier molecular flexibility index (Phi) is 4.39. The first-order valence-electron chi connectivity index (χ1n) is 6.50. The molecule has 3 rings (SSSR count). The van der Waals surface area contributed by atoms with Gasteiger partial charge < -0.3 is 4.74 Å². The fraction of sp³-hybridized carbons (Fsp3) is 0.250. The summed E-state index contributed by atoms with van der Waals surface area (Å²) in [5, 5.41) is -0.162. The van der Waals surface area contributed by atoms with Crippen LogP contribution in [0.3, 0.4) is 0 Å². The lowest BCUT2D eigenvalue weighted by molar-refractivity contribution is 0.288. The van der Waals surface area contributed by atoms with Crippen molar-refractivity contribution in [3.63, 3.8) is 0 Å². The van der Waals surface area contributed by atoms with Crippen LogP contribution in [0.5, 0.6) is 5.75 Å². The second kappa shape index (κ2) is 6.08. The number of halogens is 3. The predicted octanol–water partition coefficient (Wildman–Crippen LogP) is 5.86. The summed E-state index contributed by atoms with van der Waals surface area (Å²) >= 11 is 13.7. The highest BCUT2D eigenvalue weighted by molar-refractivity contribution is 9.11. The average Bonchev–Trinajstić information content (AvgIpc) is 2.46. The molecule has 1 unspecified atom stereocenters. The van der Waals surface area contributed by atoms with Crippen molar-refractivity contribution in [2.75, 3.05) is 6.61 Å². The molecule has 1 nitrogen and oxygen atoms in total. The molecule has 4 heteroatoms. The Balaban J connectivity index is 1.95. The van der Waals surface area contributed by atoms with E-state index in [0.717, 1.165) is 45.3 Å². The highest BCUT2D eigenvalue weighted by Crippen LogP contribution is 2.37. The van der Waals surface area contributed by atoms with Gasteiger partial charge in [-0.25, -0.2) is 0 Å². The SMILES string of the molecule is ClC(c1ccc2c(c1)CCCO2)c1ccc(Br)cc1Br. The third kappa shape index (κ3) is 2.90. The maximum Gasteiger partial charge on any atom is 0.122 e. The summed E-state index contributed by atoms with van der Waals surface area (Å²) in [6, 6.07) is 12.3. The molecule has 0 fully saturated rings. The van der Waals surface area contributed by atoms with Crippen molar-refractivity contribution < 1.29 is 4.74 Å². The van der Waals surface area contributed by atoms with Gasteiger partial charge in [-0.1, -0.05) is 50.1 Å². The molecule has 0 saturated carbocycles. The van der Waals surface area contributed by atoms with E-state index in [1.807, 2.05) is 24.3 Å². The zero-order chi connectivity index (χ0) is 14.1. The molecule has 104 valence electrons. The molecule has 2 aromatic carbocycles. The van der Waals surface area contributed by atoms with Gasteiger partial charge in [0.05, 0.1) is 12.0 Å². The first-order valence-corrected chi connectivity index (χ1v) is 8.52. The fourth-order valence-corrected chi connectivity index (χ4v) is 4.16. The van der Waals surface area contributed by atoms with Crippen molar-refractivity contribution in [3.8, 4) is 5.75 Å². The van der Waals surface area contributed by atoms with Gasteiger partial charge >= 0.3 is 0 Å². The third-order valence-corrected chi connectivity index (χ3v) is 5.13. The molecule has 1 heterocycles. The van der Waals surface area contributed by atoms with E-state index in [4.69, 9.17) is 16.3 Å². The number of aryl methyl sites for hydroxylation is 1. The van der Waals surface area contributed by atoms with Crippen LogP contribution in [-0.2, 0) is 6.42 Å². The highest BCUT2D eigenvalue weighted by atomic mass is 79.9. The molecule has 1 aliphatic rings. The molecule has 0 bridgehead atoms. The monoisotopic (exact) mass is 414 g/mol. The molecule has 0 amide bonds. The first-order chi connectivity index (χ1) is 9.65. The van der Waals surface area contributed by atoms with E-state index in [1.165, 1.54) is 5.56 Å². The fourth-order valence-electron chi connectivity index (χ4n) is 2.42. The zero-order valence-corrected chi connectivity index (χ0v) is 14.6. The van der Waals surface area contributed by atoms with Gasteiger partial charge in [0.1, 0.15) is 5.75 Å². The van der Waals surface area contributed by atoms with Gasteiger partial charge in [0.2, 0.25) is 0 Å². The van der Waals surface area contributed by atoms with Crippen LogP contribution in [0.15, 0.2) is 45.3 Å². The van der Waals surface area contributed by atoms with Crippen molar-refractivity contribution in [3.05, 3.63) is 62.0 Å². The van der Waals surface area contributed by atoms with Crippen LogP contribution < -0.4 is 4.74 Å². The van der Waals surface area contributed by atoms with E-state index in [-0.39, 0.29) is 5.38 Å². The van der Waals surface area contributed by atoms with Crippen molar-refractivity contribution in [2.45, 2.75) is 18.2 Å². The highest BCUT2D eigenvalue weighted by Gasteiger charge is 2.17. The summed E-state index contributed by atoms with van der Waals surface area (Å²) in [5.74, 6) is 0.999. The van der Waals surface area contributed by atoms with Crippen LogP contribution in [0, 0.1) is 0 Å². The van der Waals surface area contributed by atoms with Gasteiger partial charge in [-0.3, -0.25) is 0 Å². The largest absolute Gasteiger partial charge is 0.493 e.